The number of aromatic nitrogens is 1. The molecule has 2 rings (SSSR count). The molecule has 0 aliphatic rings. The normalized spacial score (nSPS) is 11.7. The third-order valence-corrected chi connectivity index (χ3v) is 3.64. The number of amides is 2. The van der Waals surface area contributed by atoms with E-state index in [2.05, 4.69) is 15.6 Å². The van der Waals surface area contributed by atoms with Crippen molar-refractivity contribution in [1.29, 1.82) is 0 Å². The fraction of sp³-hybridized carbons (Fsp3) is 0.286. The van der Waals surface area contributed by atoms with Crippen LogP contribution in [-0.4, -0.2) is 33.9 Å². The van der Waals surface area contributed by atoms with Gasteiger partial charge in [0.2, 0.25) is 0 Å². The first-order valence-electron chi connectivity index (χ1n) is 6.85. The van der Waals surface area contributed by atoms with E-state index in [0.717, 1.165) is 11.3 Å². The number of thiazole rings is 1. The highest BCUT2D eigenvalue weighted by Crippen LogP contribution is 2.17. The van der Waals surface area contributed by atoms with E-state index in [1.54, 1.807) is 6.07 Å². The van der Waals surface area contributed by atoms with Crippen molar-refractivity contribution >= 4 is 34.3 Å². The molecule has 23 heavy (non-hydrogen) atoms. The lowest BCUT2D eigenvalue weighted by Crippen LogP contribution is -2.40. The van der Waals surface area contributed by atoms with Crippen molar-refractivity contribution in [3.05, 3.63) is 35.2 Å². The van der Waals surface area contributed by atoms with E-state index in [1.165, 1.54) is 17.7 Å². The van der Waals surface area contributed by atoms with E-state index in [1.807, 2.05) is 6.92 Å². The average molecular weight is 337 g/mol. The smallest absolute Gasteiger partial charge is 0.326 e. The number of nitrogens with one attached hydrogen (secondary N) is 2. The Morgan fingerprint density at radius 3 is 2.78 bits per heavy atom. The van der Waals surface area contributed by atoms with Crippen LogP contribution in [0.2, 0.25) is 0 Å². The molecule has 0 fully saturated rings. The summed E-state index contributed by atoms with van der Waals surface area (Å²) in [7, 11) is 0. The largest absolute Gasteiger partial charge is 0.480 e. The van der Waals surface area contributed by atoms with Gasteiger partial charge in [-0.05, 0) is 18.6 Å². The van der Waals surface area contributed by atoms with Gasteiger partial charge < -0.3 is 14.8 Å². The van der Waals surface area contributed by atoms with Crippen molar-refractivity contribution in [1.82, 2.24) is 10.3 Å². The van der Waals surface area contributed by atoms with Crippen LogP contribution in [0.25, 0.3) is 0 Å². The van der Waals surface area contributed by atoms with Crippen LogP contribution < -0.4 is 10.6 Å². The fourth-order valence-electron chi connectivity index (χ4n) is 1.78. The summed E-state index contributed by atoms with van der Waals surface area (Å²) in [6.45, 7) is 1.83. The van der Waals surface area contributed by atoms with Gasteiger partial charge in [0, 0.05) is 5.38 Å². The summed E-state index contributed by atoms with van der Waals surface area (Å²) in [5.41, 5.74) is 0.0482. The molecule has 9 heteroatoms. The molecule has 1 atom stereocenters. The van der Waals surface area contributed by atoms with Crippen molar-refractivity contribution in [3.8, 4) is 0 Å². The van der Waals surface area contributed by atoms with E-state index in [-0.39, 0.29) is 16.6 Å². The maximum atomic E-state index is 12.0. The average Bonchev–Trinajstić information content (AvgIpc) is 3.17. The maximum absolute atomic E-state index is 12.0. The number of hydrogen-bond acceptors (Lipinski definition) is 6. The third-order valence-electron chi connectivity index (χ3n) is 2.88. The van der Waals surface area contributed by atoms with Crippen molar-refractivity contribution in [2.75, 3.05) is 5.32 Å². The number of furan rings is 1. The predicted molar refractivity (Wildman–Crippen MR) is 82.6 cm³/mol. The molecule has 2 heterocycles. The van der Waals surface area contributed by atoms with Gasteiger partial charge in [-0.15, -0.1) is 11.3 Å². The Hall–Kier alpha value is -2.68. The van der Waals surface area contributed by atoms with E-state index >= 15 is 0 Å². The fourth-order valence-corrected chi connectivity index (χ4v) is 2.47. The molecule has 8 nitrogen and oxygen atoms in total. The predicted octanol–water partition coefficient (Wildman–Crippen LogP) is 1.97. The van der Waals surface area contributed by atoms with Crippen LogP contribution >= 0.6 is 11.3 Å². The van der Waals surface area contributed by atoms with E-state index in [9.17, 15) is 14.4 Å². The molecule has 0 bridgehead atoms. The van der Waals surface area contributed by atoms with Crippen LogP contribution in [0, 0.1) is 0 Å². The highest BCUT2D eigenvalue weighted by molar-refractivity contribution is 7.14. The molecule has 0 saturated heterocycles. The molecule has 122 valence electrons. The van der Waals surface area contributed by atoms with Crippen molar-refractivity contribution in [2.45, 2.75) is 25.8 Å². The van der Waals surface area contributed by atoms with Crippen LogP contribution in [0.5, 0.6) is 0 Å². The van der Waals surface area contributed by atoms with Gasteiger partial charge in [0.1, 0.15) is 11.7 Å². The molecular formula is C14H15N3O5S. The first-order chi connectivity index (χ1) is 11.0. The van der Waals surface area contributed by atoms with Crippen molar-refractivity contribution in [3.63, 3.8) is 0 Å². The molecule has 3 N–H and O–H groups in total. The number of anilines is 1. The minimum absolute atomic E-state index is 0.0482. The SMILES string of the molecule is CCCC(NC(=O)c1csc(NC(=O)c2ccco2)n1)C(=O)O. The second-order valence-electron chi connectivity index (χ2n) is 4.62. The number of carboxylic acids is 1. The molecule has 0 radical (unpaired) electrons. The minimum Gasteiger partial charge on any atom is -0.480 e. The molecule has 0 aromatic carbocycles. The Labute approximate surface area is 135 Å². The van der Waals surface area contributed by atoms with Crippen LogP contribution in [-0.2, 0) is 4.79 Å². The zero-order valence-electron chi connectivity index (χ0n) is 12.2. The Morgan fingerprint density at radius 2 is 2.17 bits per heavy atom. The first-order valence-corrected chi connectivity index (χ1v) is 7.73. The summed E-state index contributed by atoms with van der Waals surface area (Å²) in [6.07, 6.45) is 2.32. The van der Waals surface area contributed by atoms with Gasteiger partial charge in [-0.1, -0.05) is 13.3 Å². The molecule has 0 saturated carbocycles. The van der Waals surface area contributed by atoms with Crippen LogP contribution in [0.15, 0.2) is 28.2 Å². The summed E-state index contributed by atoms with van der Waals surface area (Å²) in [6, 6.07) is 2.11. The molecule has 0 spiro atoms. The van der Waals surface area contributed by atoms with E-state index in [4.69, 9.17) is 9.52 Å². The summed E-state index contributed by atoms with van der Waals surface area (Å²) < 4.78 is 4.95. The lowest BCUT2D eigenvalue weighted by atomic mass is 10.1. The molecule has 0 aliphatic heterocycles. The van der Waals surface area contributed by atoms with Crippen molar-refractivity contribution in [2.24, 2.45) is 0 Å². The minimum atomic E-state index is -1.10. The number of carbonyl (C=O) groups is 3. The Morgan fingerprint density at radius 1 is 1.39 bits per heavy atom. The summed E-state index contributed by atoms with van der Waals surface area (Å²) in [5.74, 6) is -2.05. The standard InChI is InChI=1S/C14H15N3O5S/c1-2-4-8(13(20)21)15-11(18)9-7-23-14(16-9)17-12(19)10-5-3-6-22-10/h3,5-8H,2,4H2,1H3,(H,15,18)(H,20,21)(H,16,17,19). The number of aliphatic carboxylic acids is 1. The van der Waals surface area contributed by atoms with Gasteiger partial charge in [-0.25, -0.2) is 9.78 Å². The lowest BCUT2D eigenvalue weighted by molar-refractivity contribution is -0.139. The highest BCUT2D eigenvalue weighted by atomic mass is 32.1. The third kappa shape index (κ3) is 4.39. The first kappa shape index (κ1) is 16.7. The second kappa shape index (κ2) is 7.54. The summed E-state index contributed by atoms with van der Waals surface area (Å²) in [5, 5.41) is 15.6. The monoisotopic (exact) mass is 337 g/mol. The molecular weight excluding hydrogens is 322 g/mol. The van der Waals surface area contributed by atoms with Crippen LogP contribution in [0.1, 0.15) is 40.8 Å². The highest BCUT2D eigenvalue weighted by Gasteiger charge is 2.21. The molecule has 2 aromatic rings. The number of nitrogens with zero attached hydrogens (tertiary/aromatic N) is 1. The Kier molecular flexibility index (Phi) is 5.47. The number of hydrogen-bond donors (Lipinski definition) is 3. The Bertz CT molecular complexity index is 695. The molecule has 2 amide bonds. The van der Waals surface area contributed by atoms with Crippen molar-refractivity contribution < 1.29 is 23.9 Å². The van der Waals surface area contributed by atoms with Gasteiger partial charge in [0.25, 0.3) is 11.8 Å². The van der Waals surface area contributed by atoms with E-state index in [0.29, 0.717) is 12.8 Å². The van der Waals surface area contributed by atoms with Crippen LogP contribution in [0.3, 0.4) is 0 Å². The van der Waals surface area contributed by atoms with Gasteiger partial charge >= 0.3 is 5.97 Å². The zero-order valence-corrected chi connectivity index (χ0v) is 13.1. The molecule has 0 aliphatic carbocycles. The van der Waals surface area contributed by atoms with Gasteiger partial charge in [-0.2, -0.15) is 0 Å². The maximum Gasteiger partial charge on any atom is 0.326 e. The number of carbonyl (C=O) groups excluding carboxylic acids is 2. The zero-order chi connectivity index (χ0) is 16.8. The summed E-state index contributed by atoms with van der Waals surface area (Å²) in [4.78, 5) is 38.8. The lowest BCUT2D eigenvalue weighted by Gasteiger charge is -2.12. The van der Waals surface area contributed by atoms with Gasteiger partial charge in [0.05, 0.1) is 6.26 Å². The Balaban J connectivity index is 1.99. The summed E-state index contributed by atoms with van der Waals surface area (Å²) >= 11 is 1.06. The molecule has 2 aromatic heterocycles. The van der Waals surface area contributed by atoms with Crippen LogP contribution in [0.4, 0.5) is 5.13 Å². The van der Waals surface area contributed by atoms with E-state index < -0.39 is 23.8 Å². The molecule has 1 unspecified atom stereocenters. The topological polar surface area (TPSA) is 122 Å². The quantitative estimate of drug-likeness (QED) is 0.710. The number of rotatable bonds is 7. The van der Waals surface area contributed by atoms with Gasteiger partial charge in [0.15, 0.2) is 10.9 Å². The number of carboxylic acid groups (broad SMARTS) is 1. The van der Waals surface area contributed by atoms with Gasteiger partial charge in [-0.3, -0.25) is 14.9 Å². The second-order valence-corrected chi connectivity index (χ2v) is 5.48.